The summed E-state index contributed by atoms with van der Waals surface area (Å²) < 4.78 is 5.52. The number of hydrogen-bond acceptors (Lipinski definition) is 4. The summed E-state index contributed by atoms with van der Waals surface area (Å²) in [6.45, 7) is 5.67. The van der Waals surface area contributed by atoms with Crippen LogP contribution < -0.4 is 9.64 Å². The first-order valence-electron chi connectivity index (χ1n) is 7.05. The highest BCUT2D eigenvalue weighted by atomic mass is 79.9. The van der Waals surface area contributed by atoms with Crippen LogP contribution >= 0.6 is 15.9 Å². The molecule has 1 aliphatic heterocycles. The average molecular weight is 328 g/mol. The molecule has 0 aliphatic carbocycles. The lowest BCUT2D eigenvalue weighted by atomic mass is 10.1. The predicted molar refractivity (Wildman–Crippen MR) is 81.3 cm³/mol. The maximum Gasteiger partial charge on any atom is 0.229 e. The Morgan fingerprint density at radius 3 is 3.05 bits per heavy atom. The molecule has 1 aromatic heterocycles. The normalized spacial score (nSPS) is 18.9. The smallest absolute Gasteiger partial charge is 0.229 e. The van der Waals surface area contributed by atoms with Gasteiger partial charge in [0.25, 0.3) is 0 Å². The molecule has 5 heteroatoms. The molecule has 1 fully saturated rings. The Hall–Kier alpha value is -0.840. The van der Waals surface area contributed by atoms with Crippen LogP contribution in [-0.2, 0) is 0 Å². The molecule has 2 heterocycles. The molecular weight excluding hydrogens is 306 g/mol. The van der Waals surface area contributed by atoms with E-state index in [-0.39, 0.29) is 0 Å². The highest BCUT2D eigenvalue weighted by Gasteiger charge is 2.26. The molecule has 106 valence electrons. The van der Waals surface area contributed by atoms with Gasteiger partial charge in [0.1, 0.15) is 0 Å². The quantitative estimate of drug-likeness (QED) is 0.751. The van der Waals surface area contributed by atoms with Crippen LogP contribution in [0.4, 0.5) is 5.95 Å². The van der Waals surface area contributed by atoms with Gasteiger partial charge in [-0.3, -0.25) is 0 Å². The maximum atomic E-state index is 5.52. The molecule has 1 unspecified atom stereocenters. The lowest BCUT2D eigenvalue weighted by Gasteiger charge is -2.25. The SMILES string of the molecule is CCOc1cc(C)nc(N2CCCC2CCCBr)n1. The lowest BCUT2D eigenvalue weighted by Crippen LogP contribution is -2.31. The zero-order valence-corrected chi connectivity index (χ0v) is 13.3. The number of anilines is 1. The molecule has 0 saturated carbocycles. The summed E-state index contributed by atoms with van der Waals surface area (Å²) in [5, 5.41) is 1.07. The van der Waals surface area contributed by atoms with Crippen LogP contribution in [0.2, 0.25) is 0 Å². The van der Waals surface area contributed by atoms with Crippen LogP contribution in [0.3, 0.4) is 0 Å². The van der Waals surface area contributed by atoms with Crippen molar-refractivity contribution in [1.82, 2.24) is 9.97 Å². The summed E-state index contributed by atoms with van der Waals surface area (Å²) in [6, 6.07) is 2.48. The molecule has 1 saturated heterocycles. The molecule has 4 nitrogen and oxygen atoms in total. The van der Waals surface area contributed by atoms with Gasteiger partial charge in [0.05, 0.1) is 6.61 Å². The second-order valence-corrected chi connectivity index (χ2v) is 5.69. The maximum absolute atomic E-state index is 5.52. The van der Waals surface area contributed by atoms with Crippen LogP contribution in [0.1, 0.15) is 38.3 Å². The molecule has 0 amide bonds. The fraction of sp³-hybridized carbons (Fsp3) is 0.714. The van der Waals surface area contributed by atoms with Crippen LogP contribution in [-0.4, -0.2) is 34.5 Å². The van der Waals surface area contributed by atoms with Crippen LogP contribution in [0.5, 0.6) is 5.88 Å². The van der Waals surface area contributed by atoms with E-state index in [1.54, 1.807) is 0 Å². The molecule has 0 bridgehead atoms. The summed E-state index contributed by atoms with van der Waals surface area (Å²) in [4.78, 5) is 11.5. The fourth-order valence-corrected chi connectivity index (χ4v) is 2.91. The van der Waals surface area contributed by atoms with Crippen molar-refractivity contribution in [3.8, 4) is 5.88 Å². The van der Waals surface area contributed by atoms with Gasteiger partial charge in [0, 0.05) is 29.7 Å². The van der Waals surface area contributed by atoms with Gasteiger partial charge in [0.15, 0.2) is 0 Å². The van der Waals surface area contributed by atoms with Crippen LogP contribution in [0.25, 0.3) is 0 Å². The van der Waals surface area contributed by atoms with E-state index in [1.807, 2.05) is 19.9 Å². The Morgan fingerprint density at radius 1 is 1.47 bits per heavy atom. The first-order chi connectivity index (χ1) is 9.24. The minimum Gasteiger partial charge on any atom is -0.478 e. The number of nitrogens with zero attached hydrogens (tertiary/aromatic N) is 3. The summed E-state index contributed by atoms with van der Waals surface area (Å²) in [5.41, 5.74) is 0.972. The Kier molecular flexibility index (Phi) is 5.43. The molecule has 0 spiro atoms. The minimum atomic E-state index is 0.578. The molecule has 19 heavy (non-hydrogen) atoms. The summed E-state index contributed by atoms with van der Waals surface area (Å²) in [7, 11) is 0. The topological polar surface area (TPSA) is 38.2 Å². The van der Waals surface area contributed by atoms with Gasteiger partial charge in [-0.1, -0.05) is 15.9 Å². The Balaban J connectivity index is 2.15. The fourth-order valence-electron chi connectivity index (χ4n) is 2.59. The number of aromatic nitrogens is 2. The standard InChI is InChI=1S/C14H22BrN3O/c1-3-19-13-10-11(2)16-14(17-13)18-9-5-7-12(18)6-4-8-15/h10,12H,3-9H2,1-2H3. The van der Waals surface area contributed by atoms with Gasteiger partial charge < -0.3 is 9.64 Å². The number of ether oxygens (including phenoxy) is 1. The molecule has 0 N–H and O–H groups in total. The van der Waals surface area contributed by atoms with Gasteiger partial charge >= 0.3 is 0 Å². The highest BCUT2D eigenvalue weighted by Crippen LogP contribution is 2.27. The van der Waals surface area contributed by atoms with Crippen molar-refractivity contribution in [2.75, 3.05) is 23.4 Å². The van der Waals surface area contributed by atoms with Gasteiger partial charge in [-0.2, -0.15) is 4.98 Å². The summed E-state index contributed by atoms with van der Waals surface area (Å²) >= 11 is 3.51. The Bertz CT molecular complexity index is 414. The minimum absolute atomic E-state index is 0.578. The van der Waals surface area contributed by atoms with Gasteiger partial charge in [-0.05, 0) is 39.5 Å². The highest BCUT2D eigenvalue weighted by molar-refractivity contribution is 9.09. The Morgan fingerprint density at radius 2 is 2.32 bits per heavy atom. The van der Waals surface area contributed by atoms with E-state index in [0.717, 1.165) is 23.5 Å². The first-order valence-corrected chi connectivity index (χ1v) is 8.17. The number of alkyl halides is 1. The van der Waals surface area contributed by atoms with Crippen molar-refractivity contribution in [2.45, 2.75) is 45.6 Å². The van der Waals surface area contributed by atoms with E-state index in [4.69, 9.17) is 4.74 Å². The molecule has 0 radical (unpaired) electrons. The van der Waals surface area contributed by atoms with Gasteiger partial charge in [0.2, 0.25) is 11.8 Å². The molecule has 2 rings (SSSR count). The van der Waals surface area contributed by atoms with Crippen molar-refractivity contribution < 1.29 is 4.74 Å². The third kappa shape index (κ3) is 3.81. The summed E-state index contributed by atoms with van der Waals surface area (Å²) in [6.07, 6.45) is 4.88. The van der Waals surface area contributed by atoms with Gasteiger partial charge in [-0.15, -0.1) is 0 Å². The van der Waals surface area contributed by atoms with Crippen LogP contribution in [0.15, 0.2) is 6.07 Å². The molecular formula is C14H22BrN3O. The van der Waals surface area contributed by atoms with E-state index in [2.05, 4.69) is 30.8 Å². The number of aryl methyl sites for hydroxylation is 1. The molecule has 1 aliphatic rings. The van der Waals surface area contributed by atoms with Crippen molar-refractivity contribution in [2.24, 2.45) is 0 Å². The average Bonchev–Trinajstić information content (AvgIpc) is 2.84. The molecule has 0 aromatic carbocycles. The number of halogens is 1. The van der Waals surface area contributed by atoms with E-state index in [1.165, 1.54) is 25.7 Å². The van der Waals surface area contributed by atoms with E-state index in [0.29, 0.717) is 18.5 Å². The zero-order chi connectivity index (χ0) is 13.7. The molecule has 1 aromatic rings. The summed E-state index contributed by atoms with van der Waals surface area (Å²) in [5.74, 6) is 1.52. The number of rotatable bonds is 6. The van der Waals surface area contributed by atoms with E-state index < -0.39 is 0 Å². The largest absolute Gasteiger partial charge is 0.478 e. The van der Waals surface area contributed by atoms with Crippen molar-refractivity contribution >= 4 is 21.9 Å². The van der Waals surface area contributed by atoms with Crippen molar-refractivity contribution in [3.63, 3.8) is 0 Å². The molecule has 1 atom stereocenters. The predicted octanol–water partition coefficient (Wildman–Crippen LogP) is 3.33. The van der Waals surface area contributed by atoms with E-state index in [9.17, 15) is 0 Å². The lowest BCUT2D eigenvalue weighted by molar-refractivity contribution is 0.325. The first kappa shape index (κ1) is 14.6. The third-order valence-corrected chi connectivity index (χ3v) is 3.98. The Labute approximate surface area is 123 Å². The van der Waals surface area contributed by atoms with Crippen molar-refractivity contribution in [1.29, 1.82) is 0 Å². The monoisotopic (exact) mass is 327 g/mol. The van der Waals surface area contributed by atoms with Gasteiger partial charge in [-0.25, -0.2) is 4.98 Å². The number of hydrogen-bond donors (Lipinski definition) is 0. The van der Waals surface area contributed by atoms with Crippen molar-refractivity contribution in [3.05, 3.63) is 11.8 Å². The van der Waals surface area contributed by atoms with E-state index >= 15 is 0 Å². The second-order valence-electron chi connectivity index (χ2n) is 4.90. The second kappa shape index (κ2) is 7.08. The zero-order valence-electron chi connectivity index (χ0n) is 11.7. The third-order valence-electron chi connectivity index (χ3n) is 3.42. The van der Waals surface area contributed by atoms with Crippen LogP contribution in [0, 0.1) is 6.92 Å².